The quantitative estimate of drug-likeness (QED) is 0.209. The van der Waals surface area contributed by atoms with Crippen molar-refractivity contribution in [2.24, 2.45) is 0 Å². The highest BCUT2D eigenvalue weighted by Gasteiger charge is 2.27. The summed E-state index contributed by atoms with van der Waals surface area (Å²) in [5, 5.41) is 24.2. The van der Waals surface area contributed by atoms with E-state index in [2.05, 4.69) is 15.6 Å². The van der Waals surface area contributed by atoms with Gasteiger partial charge in [0, 0.05) is 6.42 Å². The molecule has 0 aliphatic heterocycles. The molecule has 0 saturated carbocycles. The summed E-state index contributed by atoms with van der Waals surface area (Å²) in [4.78, 5) is 28.5. The van der Waals surface area contributed by atoms with E-state index in [9.17, 15) is 14.7 Å². The zero-order chi connectivity index (χ0) is 25.6. The van der Waals surface area contributed by atoms with Crippen molar-refractivity contribution < 1.29 is 24.2 Å². The third-order valence-corrected chi connectivity index (χ3v) is 5.10. The largest absolute Gasteiger partial charge is 0.502 e. The van der Waals surface area contributed by atoms with Crippen LogP contribution in [0.2, 0.25) is 0 Å². The van der Waals surface area contributed by atoms with E-state index in [1.165, 1.54) is 0 Å². The number of aliphatic hydroxyl groups is 1. The van der Waals surface area contributed by atoms with Crippen molar-refractivity contribution in [1.82, 2.24) is 10.6 Å². The Morgan fingerprint density at radius 2 is 1.36 bits per heavy atom. The van der Waals surface area contributed by atoms with Crippen molar-refractivity contribution in [2.45, 2.75) is 31.9 Å². The van der Waals surface area contributed by atoms with E-state index < -0.39 is 30.0 Å². The number of hydrogen-bond acceptors (Lipinski definition) is 6. The lowest BCUT2D eigenvalue weighted by Crippen LogP contribution is -2.51. The van der Waals surface area contributed by atoms with Gasteiger partial charge in [0.15, 0.2) is 11.2 Å². The molecule has 9 heteroatoms. The van der Waals surface area contributed by atoms with Gasteiger partial charge in [-0.1, -0.05) is 91.0 Å². The second-order valence-electron chi connectivity index (χ2n) is 7.80. The molecule has 0 fully saturated rings. The first-order valence-corrected chi connectivity index (χ1v) is 11.3. The van der Waals surface area contributed by atoms with E-state index in [1.54, 1.807) is 0 Å². The number of ether oxygens (including phenoxy) is 2. The van der Waals surface area contributed by atoms with Crippen molar-refractivity contribution in [3.8, 4) is 0 Å². The summed E-state index contributed by atoms with van der Waals surface area (Å²) in [6.45, 7) is 0.0989. The molecule has 3 aromatic rings. The topological polar surface area (TPSA) is 125 Å². The standard InChI is InChI=1S/C27H26N4O5/c28-29-17-24(32)26(35-18-21-12-6-2-7-13-21)31-25(33)23(16-20-10-4-1-5-11-20)30-27(34)36-19-22-14-8-3-9-15-22/h1-15,17,23,26H,16,18-19H2,(H2-,30,31,32,33,34)/p+1/b24-17-/t23-,26+/m0/s1. The first-order valence-electron chi connectivity index (χ1n) is 11.3. The van der Waals surface area contributed by atoms with Crippen molar-refractivity contribution in [3.05, 3.63) is 125 Å². The molecule has 36 heavy (non-hydrogen) atoms. The number of carbonyl (C=O) groups excluding carboxylic acids is 2. The molecule has 0 radical (unpaired) electrons. The summed E-state index contributed by atoms with van der Waals surface area (Å²) >= 11 is 0. The van der Waals surface area contributed by atoms with Gasteiger partial charge in [-0.3, -0.25) is 4.79 Å². The summed E-state index contributed by atoms with van der Waals surface area (Å²) in [5.74, 6) is -1.15. The Kier molecular flexibility index (Phi) is 10.0. The molecule has 0 heterocycles. The average molecular weight is 488 g/mol. The van der Waals surface area contributed by atoms with Crippen LogP contribution < -0.4 is 10.6 Å². The minimum Gasteiger partial charge on any atom is -0.502 e. The number of aliphatic hydroxyl groups excluding tert-OH is 1. The van der Waals surface area contributed by atoms with Crippen LogP contribution in [0, 0.1) is 5.39 Å². The van der Waals surface area contributed by atoms with Gasteiger partial charge in [-0.2, -0.15) is 0 Å². The van der Waals surface area contributed by atoms with Crippen LogP contribution in [0.15, 0.2) is 103 Å². The Bertz CT molecular complexity index is 1180. The monoisotopic (exact) mass is 487 g/mol. The molecular formula is C27H27N4O5+. The number of rotatable bonds is 11. The van der Waals surface area contributed by atoms with Crippen LogP contribution in [-0.4, -0.2) is 29.4 Å². The Balaban J connectivity index is 1.70. The number of carbonyl (C=O) groups is 2. The zero-order valence-corrected chi connectivity index (χ0v) is 19.5. The molecule has 0 aliphatic carbocycles. The normalized spacial score (nSPS) is 12.6. The predicted octanol–water partition coefficient (Wildman–Crippen LogP) is 4.44. The third-order valence-electron chi connectivity index (χ3n) is 5.10. The molecule has 9 nitrogen and oxygen atoms in total. The van der Waals surface area contributed by atoms with Crippen LogP contribution in [0.5, 0.6) is 0 Å². The van der Waals surface area contributed by atoms with Crippen LogP contribution in [0.25, 0.3) is 4.98 Å². The first-order chi connectivity index (χ1) is 17.5. The van der Waals surface area contributed by atoms with Crippen LogP contribution in [0.3, 0.4) is 0 Å². The molecule has 2 atom stereocenters. The SMILES string of the molecule is N#[N+]/C=C(\O)[C@H](NC(=O)[C@H](Cc1ccccc1)NC(=O)OCc1ccccc1)OCc1ccccc1. The zero-order valence-electron chi connectivity index (χ0n) is 19.5. The Labute approximate surface area is 209 Å². The Morgan fingerprint density at radius 3 is 1.92 bits per heavy atom. The van der Waals surface area contributed by atoms with Gasteiger partial charge in [0.2, 0.25) is 17.1 Å². The minimum absolute atomic E-state index is 0.0384. The molecule has 0 aliphatic rings. The molecule has 0 spiro atoms. The van der Waals surface area contributed by atoms with E-state index in [0.29, 0.717) is 0 Å². The smallest absolute Gasteiger partial charge is 0.408 e. The molecule has 0 aromatic heterocycles. The van der Waals surface area contributed by atoms with Crippen LogP contribution in [0.4, 0.5) is 4.79 Å². The molecule has 0 saturated heterocycles. The van der Waals surface area contributed by atoms with Crippen LogP contribution >= 0.6 is 0 Å². The predicted molar refractivity (Wildman–Crippen MR) is 133 cm³/mol. The number of nitrogens with one attached hydrogen (secondary N) is 2. The number of benzene rings is 3. The van der Waals surface area contributed by atoms with Crippen LogP contribution in [-0.2, 0) is 33.9 Å². The molecule has 0 bridgehead atoms. The van der Waals surface area contributed by atoms with Crippen molar-refractivity contribution in [2.75, 3.05) is 0 Å². The van der Waals surface area contributed by atoms with Gasteiger partial charge in [0.25, 0.3) is 0 Å². The fourth-order valence-corrected chi connectivity index (χ4v) is 3.28. The van der Waals surface area contributed by atoms with Gasteiger partial charge in [0.1, 0.15) is 12.6 Å². The van der Waals surface area contributed by atoms with Gasteiger partial charge >= 0.3 is 12.3 Å². The van der Waals surface area contributed by atoms with Gasteiger partial charge in [-0.25, -0.2) is 4.79 Å². The Morgan fingerprint density at radius 1 is 0.833 bits per heavy atom. The van der Waals surface area contributed by atoms with Crippen molar-refractivity contribution in [1.29, 1.82) is 5.39 Å². The molecule has 2 amide bonds. The maximum absolute atomic E-state index is 13.2. The second kappa shape index (κ2) is 13.9. The number of alkyl carbamates (subject to hydrolysis) is 1. The van der Waals surface area contributed by atoms with E-state index in [0.717, 1.165) is 22.9 Å². The number of nitrogens with zero attached hydrogens (tertiary/aromatic N) is 2. The third kappa shape index (κ3) is 8.59. The maximum Gasteiger partial charge on any atom is 0.408 e. The average Bonchev–Trinajstić information content (AvgIpc) is 2.91. The fourth-order valence-electron chi connectivity index (χ4n) is 3.28. The lowest BCUT2D eigenvalue weighted by molar-refractivity contribution is -0.127. The highest BCUT2D eigenvalue weighted by Crippen LogP contribution is 2.10. The van der Waals surface area contributed by atoms with Crippen molar-refractivity contribution in [3.63, 3.8) is 0 Å². The highest BCUT2D eigenvalue weighted by molar-refractivity contribution is 5.86. The lowest BCUT2D eigenvalue weighted by atomic mass is 10.1. The minimum atomic E-state index is -1.32. The van der Waals surface area contributed by atoms with Crippen LogP contribution in [0.1, 0.15) is 16.7 Å². The molecule has 184 valence electrons. The first kappa shape index (κ1) is 25.9. The Hall–Kier alpha value is -4.68. The van der Waals surface area contributed by atoms with E-state index in [1.807, 2.05) is 91.0 Å². The molecular weight excluding hydrogens is 460 g/mol. The molecule has 0 unspecified atom stereocenters. The van der Waals surface area contributed by atoms with E-state index >= 15 is 0 Å². The fraction of sp³-hybridized carbons (Fsp3) is 0.185. The number of amides is 2. The number of hydrogen-bond donors (Lipinski definition) is 3. The van der Waals surface area contributed by atoms with Crippen molar-refractivity contribution >= 4 is 12.0 Å². The van der Waals surface area contributed by atoms with Gasteiger partial charge < -0.3 is 25.2 Å². The maximum atomic E-state index is 13.2. The van der Waals surface area contributed by atoms with Gasteiger partial charge in [-0.05, 0) is 16.7 Å². The summed E-state index contributed by atoms with van der Waals surface area (Å²) in [6.07, 6.45) is -1.19. The van der Waals surface area contributed by atoms with Gasteiger partial charge in [-0.15, -0.1) is 0 Å². The lowest BCUT2D eigenvalue weighted by Gasteiger charge is -2.22. The van der Waals surface area contributed by atoms with E-state index in [4.69, 9.17) is 14.9 Å². The molecule has 3 rings (SSSR count). The molecule has 3 aromatic carbocycles. The highest BCUT2D eigenvalue weighted by atomic mass is 16.5. The van der Waals surface area contributed by atoms with E-state index in [-0.39, 0.29) is 19.6 Å². The van der Waals surface area contributed by atoms with Gasteiger partial charge in [0.05, 0.1) is 6.61 Å². The summed E-state index contributed by atoms with van der Waals surface area (Å²) < 4.78 is 10.9. The summed E-state index contributed by atoms with van der Waals surface area (Å²) in [7, 11) is 0. The second-order valence-corrected chi connectivity index (χ2v) is 7.80. The number of diazo groups is 1. The summed E-state index contributed by atoms with van der Waals surface area (Å²) in [6, 6.07) is 26.4. The molecule has 3 N–H and O–H groups in total. The summed E-state index contributed by atoms with van der Waals surface area (Å²) in [5.41, 5.74) is 2.40.